The molecule has 0 radical (unpaired) electrons. The lowest BCUT2D eigenvalue weighted by atomic mass is 10.1. The predicted octanol–water partition coefficient (Wildman–Crippen LogP) is 2.42. The van der Waals surface area contributed by atoms with E-state index in [1.165, 1.54) is 18.2 Å². The van der Waals surface area contributed by atoms with Crippen LogP contribution in [0.15, 0.2) is 42.5 Å². The molecular formula is C15H12N2O3. The molecule has 0 amide bonds. The maximum atomic E-state index is 11.1. The summed E-state index contributed by atoms with van der Waals surface area (Å²) in [6, 6.07) is 13.3. The predicted molar refractivity (Wildman–Crippen MR) is 73.3 cm³/mol. The fraction of sp³-hybridized carbons (Fsp3) is 0.0667. The van der Waals surface area contributed by atoms with E-state index in [2.05, 4.69) is 0 Å². The molecule has 0 heterocycles. The van der Waals surface area contributed by atoms with Crippen molar-refractivity contribution in [3.8, 4) is 11.8 Å². The number of nitrogens with zero attached hydrogens (tertiary/aromatic N) is 1. The minimum absolute atomic E-state index is 0.0628. The van der Waals surface area contributed by atoms with E-state index in [4.69, 9.17) is 20.8 Å². The summed E-state index contributed by atoms with van der Waals surface area (Å²) in [5, 5.41) is 17.8. The van der Waals surface area contributed by atoms with E-state index < -0.39 is 5.97 Å². The number of nitrogens with two attached hydrogens (primary N) is 1. The third-order valence-corrected chi connectivity index (χ3v) is 2.71. The second-order valence-corrected chi connectivity index (χ2v) is 4.16. The van der Waals surface area contributed by atoms with Gasteiger partial charge in [-0.25, -0.2) is 4.79 Å². The first-order valence-electron chi connectivity index (χ1n) is 5.85. The van der Waals surface area contributed by atoms with Gasteiger partial charge in [0.25, 0.3) is 0 Å². The first-order chi connectivity index (χ1) is 9.60. The van der Waals surface area contributed by atoms with Gasteiger partial charge in [0.1, 0.15) is 17.9 Å². The van der Waals surface area contributed by atoms with Gasteiger partial charge in [-0.15, -0.1) is 0 Å². The monoisotopic (exact) mass is 268 g/mol. The van der Waals surface area contributed by atoms with Crippen molar-refractivity contribution in [2.45, 2.75) is 6.61 Å². The highest BCUT2D eigenvalue weighted by molar-refractivity contribution is 5.91. The Morgan fingerprint density at radius 1 is 1.25 bits per heavy atom. The Hall–Kier alpha value is -3.00. The highest BCUT2D eigenvalue weighted by Crippen LogP contribution is 2.23. The number of ether oxygens (including phenoxy) is 1. The molecule has 2 rings (SSSR count). The zero-order valence-corrected chi connectivity index (χ0v) is 10.5. The van der Waals surface area contributed by atoms with Crippen LogP contribution in [0.5, 0.6) is 5.75 Å². The molecule has 0 saturated heterocycles. The van der Waals surface area contributed by atoms with Crippen molar-refractivity contribution in [1.29, 1.82) is 5.26 Å². The molecule has 100 valence electrons. The third-order valence-electron chi connectivity index (χ3n) is 2.71. The Morgan fingerprint density at radius 2 is 1.95 bits per heavy atom. The van der Waals surface area contributed by atoms with Crippen LogP contribution < -0.4 is 10.5 Å². The molecular weight excluding hydrogens is 256 g/mol. The van der Waals surface area contributed by atoms with Gasteiger partial charge in [-0.1, -0.05) is 12.1 Å². The smallest absolute Gasteiger partial charge is 0.339 e. The van der Waals surface area contributed by atoms with Gasteiger partial charge in [0.15, 0.2) is 0 Å². The second kappa shape index (κ2) is 5.76. The number of hydrogen-bond donors (Lipinski definition) is 2. The van der Waals surface area contributed by atoms with Gasteiger partial charge in [0.2, 0.25) is 0 Å². The molecule has 0 bridgehead atoms. The maximum Gasteiger partial charge on any atom is 0.339 e. The number of anilines is 1. The SMILES string of the molecule is N#Cc1ccc(COc2cc(N)ccc2C(=O)O)cc1. The van der Waals surface area contributed by atoms with Crippen LogP contribution in [-0.2, 0) is 6.61 Å². The largest absolute Gasteiger partial charge is 0.488 e. The first kappa shape index (κ1) is 13.4. The summed E-state index contributed by atoms with van der Waals surface area (Å²) in [6.45, 7) is 0.204. The van der Waals surface area contributed by atoms with Gasteiger partial charge in [-0.2, -0.15) is 5.26 Å². The summed E-state index contributed by atoms with van der Waals surface area (Å²) in [5.74, 6) is -0.846. The number of rotatable bonds is 4. The number of nitriles is 1. The van der Waals surface area contributed by atoms with Crippen LogP contribution in [0, 0.1) is 11.3 Å². The van der Waals surface area contributed by atoms with Crippen molar-refractivity contribution in [1.82, 2.24) is 0 Å². The molecule has 2 aromatic rings. The molecule has 0 fully saturated rings. The molecule has 5 nitrogen and oxygen atoms in total. The molecule has 0 aliphatic heterocycles. The fourth-order valence-electron chi connectivity index (χ4n) is 1.67. The average molecular weight is 268 g/mol. The molecule has 0 saturated carbocycles. The molecule has 0 aliphatic rings. The maximum absolute atomic E-state index is 11.1. The molecule has 0 aliphatic carbocycles. The zero-order chi connectivity index (χ0) is 14.5. The number of hydrogen-bond acceptors (Lipinski definition) is 4. The van der Waals surface area contributed by atoms with E-state index in [0.717, 1.165) is 5.56 Å². The minimum Gasteiger partial charge on any atom is -0.488 e. The number of benzene rings is 2. The highest BCUT2D eigenvalue weighted by Gasteiger charge is 2.11. The van der Waals surface area contributed by atoms with Crippen LogP contribution in [0.4, 0.5) is 5.69 Å². The van der Waals surface area contributed by atoms with Crippen LogP contribution in [0.25, 0.3) is 0 Å². The molecule has 20 heavy (non-hydrogen) atoms. The van der Waals surface area contributed by atoms with Gasteiger partial charge in [-0.3, -0.25) is 0 Å². The molecule has 0 atom stereocenters. The standard InChI is InChI=1S/C15H12N2O3/c16-8-10-1-3-11(4-2-10)9-20-14-7-12(17)5-6-13(14)15(18)19/h1-7H,9,17H2,(H,18,19). The van der Waals surface area contributed by atoms with E-state index in [-0.39, 0.29) is 17.9 Å². The first-order valence-corrected chi connectivity index (χ1v) is 5.85. The fourth-order valence-corrected chi connectivity index (χ4v) is 1.67. The van der Waals surface area contributed by atoms with Gasteiger partial charge in [0, 0.05) is 11.8 Å². The van der Waals surface area contributed by atoms with E-state index in [9.17, 15) is 4.79 Å². The highest BCUT2D eigenvalue weighted by atomic mass is 16.5. The van der Waals surface area contributed by atoms with E-state index in [1.807, 2.05) is 6.07 Å². The van der Waals surface area contributed by atoms with E-state index in [1.54, 1.807) is 24.3 Å². The van der Waals surface area contributed by atoms with Crippen molar-refractivity contribution < 1.29 is 14.6 Å². The molecule has 2 aromatic carbocycles. The summed E-state index contributed by atoms with van der Waals surface area (Å²) in [7, 11) is 0. The van der Waals surface area contributed by atoms with E-state index >= 15 is 0 Å². The lowest BCUT2D eigenvalue weighted by molar-refractivity contribution is 0.0692. The Balaban J connectivity index is 2.15. The number of carbonyl (C=O) groups is 1. The topological polar surface area (TPSA) is 96.3 Å². The van der Waals surface area contributed by atoms with Crippen LogP contribution in [0.3, 0.4) is 0 Å². The molecule has 3 N–H and O–H groups in total. The Morgan fingerprint density at radius 3 is 2.55 bits per heavy atom. The van der Waals surface area contributed by atoms with Gasteiger partial charge in [0.05, 0.1) is 11.6 Å². The Kier molecular flexibility index (Phi) is 3.87. The average Bonchev–Trinajstić information content (AvgIpc) is 2.45. The summed E-state index contributed by atoms with van der Waals surface area (Å²) in [6.07, 6.45) is 0. The van der Waals surface area contributed by atoms with Crippen LogP contribution in [0.1, 0.15) is 21.5 Å². The summed E-state index contributed by atoms with van der Waals surface area (Å²) in [4.78, 5) is 11.1. The summed E-state index contributed by atoms with van der Waals surface area (Å²) < 4.78 is 5.50. The van der Waals surface area contributed by atoms with Gasteiger partial charge in [-0.05, 0) is 29.8 Å². The number of carboxylic acids is 1. The Labute approximate surface area is 115 Å². The molecule has 0 aromatic heterocycles. The van der Waals surface area contributed by atoms with Crippen molar-refractivity contribution in [2.24, 2.45) is 0 Å². The zero-order valence-electron chi connectivity index (χ0n) is 10.5. The summed E-state index contributed by atoms with van der Waals surface area (Å²) >= 11 is 0. The normalized spacial score (nSPS) is 9.75. The number of aromatic carboxylic acids is 1. The molecule has 5 heteroatoms. The van der Waals surface area contributed by atoms with Crippen molar-refractivity contribution in [2.75, 3.05) is 5.73 Å². The minimum atomic E-state index is -1.07. The number of carboxylic acid groups (broad SMARTS) is 1. The van der Waals surface area contributed by atoms with Crippen LogP contribution >= 0.6 is 0 Å². The lowest BCUT2D eigenvalue weighted by Crippen LogP contribution is -2.04. The second-order valence-electron chi connectivity index (χ2n) is 4.16. The Bertz CT molecular complexity index is 673. The van der Waals surface area contributed by atoms with Crippen LogP contribution in [-0.4, -0.2) is 11.1 Å². The van der Waals surface area contributed by atoms with Crippen LogP contribution in [0.2, 0.25) is 0 Å². The molecule has 0 unspecified atom stereocenters. The van der Waals surface area contributed by atoms with E-state index in [0.29, 0.717) is 11.3 Å². The third kappa shape index (κ3) is 3.06. The van der Waals surface area contributed by atoms with Crippen molar-refractivity contribution >= 4 is 11.7 Å². The van der Waals surface area contributed by atoms with Crippen molar-refractivity contribution in [3.63, 3.8) is 0 Å². The summed E-state index contributed by atoms with van der Waals surface area (Å²) in [5.41, 5.74) is 7.52. The molecule has 0 spiro atoms. The quantitative estimate of drug-likeness (QED) is 0.830. The van der Waals surface area contributed by atoms with Gasteiger partial charge >= 0.3 is 5.97 Å². The van der Waals surface area contributed by atoms with Gasteiger partial charge < -0.3 is 15.6 Å². The lowest BCUT2D eigenvalue weighted by Gasteiger charge is -2.10. The van der Waals surface area contributed by atoms with Crippen molar-refractivity contribution in [3.05, 3.63) is 59.2 Å². The number of nitrogen functional groups attached to an aromatic ring is 1.